The van der Waals surface area contributed by atoms with E-state index in [2.05, 4.69) is 55.3 Å². The summed E-state index contributed by atoms with van der Waals surface area (Å²) in [5.74, 6) is 0. The maximum Gasteiger partial charge on any atom is 0.0994 e. The van der Waals surface area contributed by atoms with Crippen molar-refractivity contribution in [2.75, 3.05) is 32.7 Å². The second-order valence-electron chi connectivity index (χ2n) is 7.13. The average molecular weight is 276 g/mol. The van der Waals surface area contributed by atoms with Crippen LogP contribution in [-0.4, -0.2) is 42.7 Å². The molecule has 0 aromatic heterocycles. The predicted molar refractivity (Wildman–Crippen MR) is 84.0 cm³/mol. The number of nitrogens with one attached hydrogen (secondary N) is 1. The van der Waals surface area contributed by atoms with E-state index in [-0.39, 0.29) is 5.41 Å². The zero-order valence-corrected chi connectivity index (χ0v) is 13.2. The molecule has 112 valence electrons. The summed E-state index contributed by atoms with van der Waals surface area (Å²) in [7, 11) is 0. The fraction of sp³-hybridized carbons (Fsp3) is 0.647. The molecule has 3 nitrogen and oxygen atoms in total. The zero-order chi connectivity index (χ0) is 14.8. The lowest BCUT2D eigenvalue weighted by Gasteiger charge is -2.34. The van der Waals surface area contributed by atoms with Crippen LogP contribution in [0.2, 0.25) is 0 Å². The van der Waals surface area contributed by atoms with Crippen molar-refractivity contribution in [1.82, 2.24) is 10.2 Å². The number of piperazine rings is 1. The highest BCUT2D eigenvalue weighted by Crippen LogP contribution is 2.27. The molecule has 0 amide bonds. The van der Waals surface area contributed by atoms with Crippen LogP contribution in [0, 0.1) is 0 Å². The first-order chi connectivity index (χ1) is 9.29. The van der Waals surface area contributed by atoms with E-state index in [1.165, 1.54) is 5.56 Å². The molecule has 1 unspecified atom stereocenters. The summed E-state index contributed by atoms with van der Waals surface area (Å²) in [5.41, 5.74) is 1.68. The molecule has 20 heavy (non-hydrogen) atoms. The lowest BCUT2D eigenvalue weighted by Crippen LogP contribution is -2.48. The minimum atomic E-state index is -0.784. The molecule has 0 radical (unpaired) electrons. The molecule has 1 aliphatic heterocycles. The molecular formula is C17H28N2O. The van der Waals surface area contributed by atoms with Gasteiger partial charge in [0.05, 0.1) is 5.60 Å². The molecule has 0 bridgehead atoms. The van der Waals surface area contributed by atoms with Gasteiger partial charge in [0.2, 0.25) is 0 Å². The summed E-state index contributed by atoms with van der Waals surface area (Å²) in [4.78, 5) is 2.33. The Morgan fingerprint density at radius 3 is 2.00 bits per heavy atom. The second-order valence-corrected chi connectivity index (χ2v) is 7.13. The van der Waals surface area contributed by atoms with Gasteiger partial charge in [-0.2, -0.15) is 0 Å². The summed E-state index contributed by atoms with van der Waals surface area (Å²) in [6.45, 7) is 13.3. The number of nitrogens with zero attached hydrogens (tertiary/aromatic N) is 1. The Labute approximate surface area is 123 Å². The van der Waals surface area contributed by atoms with Gasteiger partial charge in [0.1, 0.15) is 0 Å². The van der Waals surface area contributed by atoms with Crippen molar-refractivity contribution in [3.05, 3.63) is 35.4 Å². The van der Waals surface area contributed by atoms with E-state index in [9.17, 15) is 5.11 Å². The van der Waals surface area contributed by atoms with Gasteiger partial charge in [0.15, 0.2) is 0 Å². The Bertz CT molecular complexity index is 425. The van der Waals surface area contributed by atoms with Crippen LogP contribution >= 0.6 is 0 Å². The Kier molecular flexibility index (Phi) is 4.52. The summed E-state index contributed by atoms with van der Waals surface area (Å²) in [6, 6.07) is 8.43. The van der Waals surface area contributed by atoms with Crippen molar-refractivity contribution in [3.8, 4) is 0 Å². The van der Waals surface area contributed by atoms with Crippen LogP contribution in [0.4, 0.5) is 0 Å². The van der Waals surface area contributed by atoms with E-state index >= 15 is 0 Å². The lowest BCUT2D eigenvalue weighted by molar-refractivity contribution is 0.0126. The Morgan fingerprint density at radius 2 is 1.50 bits per heavy atom. The SMILES string of the molecule is CC(C)(C)c1ccc(C(C)(O)CN2CCNCC2)cc1. The van der Waals surface area contributed by atoms with E-state index in [1.54, 1.807) is 0 Å². The van der Waals surface area contributed by atoms with Gasteiger partial charge in [-0.25, -0.2) is 0 Å². The first kappa shape index (κ1) is 15.5. The number of aliphatic hydroxyl groups is 1. The maximum atomic E-state index is 10.8. The van der Waals surface area contributed by atoms with E-state index in [0.29, 0.717) is 6.54 Å². The average Bonchev–Trinajstić information content (AvgIpc) is 2.38. The van der Waals surface area contributed by atoms with Crippen molar-refractivity contribution < 1.29 is 5.11 Å². The molecule has 3 heteroatoms. The van der Waals surface area contributed by atoms with Gasteiger partial charge in [0, 0.05) is 32.7 Å². The number of hydrogen-bond donors (Lipinski definition) is 2. The molecule has 0 spiro atoms. The second kappa shape index (κ2) is 5.84. The zero-order valence-electron chi connectivity index (χ0n) is 13.2. The fourth-order valence-corrected chi connectivity index (χ4v) is 2.73. The highest BCUT2D eigenvalue weighted by molar-refractivity contribution is 5.30. The fourth-order valence-electron chi connectivity index (χ4n) is 2.73. The Morgan fingerprint density at radius 1 is 1.00 bits per heavy atom. The van der Waals surface area contributed by atoms with Crippen LogP contribution in [0.25, 0.3) is 0 Å². The molecular weight excluding hydrogens is 248 g/mol. The Balaban J connectivity index is 2.08. The minimum Gasteiger partial charge on any atom is -0.384 e. The molecule has 2 rings (SSSR count). The van der Waals surface area contributed by atoms with E-state index in [4.69, 9.17) is 0 Å². The number of β-amino-alcohol motifs (C(OH)–C–C–N with tert-alkyl or cyclic N) is 1. The standard InChI is InChI=1S/C17H28N2O/c1-16(2,3)14-5-7-15(8-6-14)17(4,20)13-19-11-9-18-10-12-19/h5-8,18,20H,9-13H2,1-4H3. The van der Waals surface area contributed by atoms with Gasteiger partial charge < -0.3 is 10.4 Å². The smallest absolute Gasteiger partial charge is 0.0994 e. The third-order valence-electron chi connectivity index (χ3n) is 4.11. The van der Waals surface area contributed by atoms with E-state index in [1.807, 2.05) is 6.92 Å². The van der Waals surface area contributed by atoms with Crippen LogP contribution in [0.1, 0.15) is 38.8 Å². The summed E-state index contributed by atoms with van der Waals surface area (Å²) >= 11 is 0. The molecule has 1 fully saturated rings. The summed E-state index contributed by atoms with van der Waals surface area (Å²) in [6.07, 6.45) is 0. The monoisotopic (exact) mass is 276 g/mol. The van der Waals surface area contributed by atoms with Crippen molar-refractivity contribution in [1.29, 1.82) is 0 Å². The summed E-state index contributed by atoms with van der Waals surface area (Å²) < 4.78 is 0. The van der Waals surface area contributed by atoms with Gasteiger partial charge in [-0.3, -0.25) is 4.90 Å². The van der Waals surface area contributed by atoms with Crippen molar-refractivity contribution in [3.63, 3.8) is 0 Å². The quantitative estimate of drug-likeness (QED) is 0.887. The summed E-state index contributed by atoms with van der Waals surface area (Å²) in [5, 5.41) is 14.1. The van der Waals surface area contributed by atoms with E-state index in [0.717, 1.165) is 31.7 Å². The van der Waals surface area contributed by atoms with Crippen molar-refractivity contribution in [2.24, 2.45) is 0 Å². The van der Waals surface area contributed by atoms with Crippen molar-refractivity contribution >= 4 is 0 Å². The van der Waals surface area contributed by atoms with Crippen LogP contribution in [0.3, 0.4) is 0 Å². The molecule has 1 heterocycles. The highest BCUT2D eigenvalue weighted by Gasteiger charge is 2.27. The maximum absolute atomic E-state index is 10.8. The first-order valence-corrected chi connectivity index (χ1v) is 7.55. The van der Waals surface area contributed by atoms with Gasteiger partial charge in [-0.1, -0.05) is 45.0 Å². The molecule has 0 saturated carbocycles. The van der Waals surface area contributed by atoms with Crippen LogP contribution in [-0.2, 0) is 11.0 Å². The van der Waals surface area contributed by atoms with Crippen LogP contribution in [0.5, 0.6) is 0 Å². The molecule has 2 N–H and O–H groups in total. The topological polar surface area (TPSA) is 35.5 Å². The predicted octanol–water partition coefficient (Wildman–Crippen LogP) is 2.10. The van der Waals surface area contributed by atoms with Gasteiger partial charge in [-0.05, 0) is 23.5 Å². The van der Waals surface area contributed by atoms with Gasteiger partial charge >= 0.3 is 0 Å². The van der Waals surface area contributed by atoms with Crippen LogP contribution in [0.15, 0.2) is 24.3 Å². The van der Waals surface area contributed by atoms with Crippen molar-refractivity contribution in [2.45, 2.75) is 38.7 Å². The lowest BCUT2D eigenvalue weighted by atomic mass is 9.85. The normalized spacial score (nSPS) is 20.6. The van der Waals surface area contributed by atoms with E-state index < -0.39 is 5.60 Å². The minimum absolute atomic E-state index is 0.156. The third-order valence-corrected chi connectivity index (χ3v) is 4.11. The van der Waals surface area contributed by atoms with Gasteiger partial charge in [0.25, 0.3) is 0 Å². The third kappa shape index (κ3) is 3.81. The molecule has 1 saturated heterocycles. The molecule has 1 atom stereocenters. The van der Waals surface area contributed by atoms with Gasteiger partial charge in [-0.15, -0.1) is 0 Å². The Hall–Kier alpha value is -0.900. The molecule has 1 aromatic rings. The number of benzene rings is 1. The molecule has 1 aliphatic rings. The number of hydrogen-bond acceptors (Lipinski definition) is 3. The largest absolute Gasteiger partial charge is 0.384 e. The molecule has 0 aliphatic carbocycles. The number of rotatable bonds is 3. The highest BCUT2D eigenvalue weighted by atomic mass is 16.3. The molecule has 1 aromatic carbocycles. The van der Waals surface area contributed by atoms with Crippen LogP contribution < -0.4 is 5.32 Å². The first-order valence-electron chi connectivity index (χ1n) is 7.55.